The van der Waals surface area contributed by atoms with Gasteiger partial charge in [-0.2, -0.15) is 5.06 Å². The molecular weight excluding hydrogens is 681 g/mol. The molecule has 0 radical (unpaired) electrons. The molecule has 1 aliphatic heterocycles. The molecule has 0 spiro atoms. The highest BCUT2D eigenvalue weighted by atomic mass is 16.7. The summed E-state index contributed by atoms with van der Waals surface area (Å²) in [5.74, 6) is 1.33. The molecule has 10 heteroatoms. The number of carbonyl (C=O) groups is 2. The van der Waals surface area contributed by atoms with E-state index in [4.69, 9.17) is 15.3 Å². The van der Waals surface area contributed by atoms with Gasteiger partial charge in [0.25, 0.3) is 0 Å². The molecule has 7 rings (SSSR count). The molecule has 54 heavy (non-hydrogen) atoms. The quantitative estimate of drug-likeness (QED) is 0.0808. The molecule has 1 saturated heterocycles. The first kappa shape index (κ1) is 39.7. The SMILES string of the molecule is COc1c(CN2O[C@@H](CO)[C@@H]([C@H](C)O)[C@H]2C(=O)N[C@H]2C[C@H]3C[C@@H]([C@@H]2C)C3(C)C)cccc1-c1cc(C(=O)CCCCc2ccc(N)cc2)cc(N(C)C)c1. The Morgan fingerprint density at radius 2 is 1.83 bits per heavy atom. The largest absolute Gasteiger partial charge is 0.496 e. The number of anilines is 2. The summed E-state index contributed by atoms with van der Waals surface area (Å²) in [4.78, 5) is 36.1. The minimum Gasteiger partial charge on any atom is -0.496 e. The first-order valence-electron chi connectivity index (χ1n) is 19.6. The van der Waals surface area contributed by atoms with Gasteiger partial charge in [0.1, 0.15) is 17.9 Å². The van der Waals surface area contributed by atoms with E-state index in [0.717, 1.165) is 53.7 Å². The predicted molar refractivity (Wildman–Crippen MR) is 213 cm³/mol. The Morgan fingerprint density at radius 1 is 1.09 bits per heavy atom. The third-order valence-electron chi connectivity index (χ3n) is 12.9. The zero-order valence-electron chi connectivity index (χ0n) is 33.0. The number of Topliss-reactive ketones (excluding diaryl/α,β-unsaturated/α-hetero) is 1. The second-order valence-electron chi connectivity index (χ2n) is 16.8. The molecule has 8 atom stereocenters. The third kappa shape index (κ3) is 8.03. The zero-order valence-corrected chi connectivity index (χ0v) is 33.0. The molecule has 3 saturated carbocycles. The number of methoxy groups -OCH3 is 1. The van der Waals surface area contributed by atoms with Gasteiger partial charge in [0.2, 0.25) is 5.91 Å². The van der Waals surface area contributed by atoms with Gasteiger partial charge in [0.05, 0.1) is 26.4 Å². The number of aryl methyl sites for hydroxylation is 1. The lowest BCUT2D eigenvalue weighted by Gasteiger charge is -2.62. The molecule has 292 valence electrons. The molecule has 3 aromatic carbocycles. The molecule has 1 amide bonds. The number of aliphatic hydroxyl groups is 2. The van der Waals surface area contributed by atoms with Crippen LogP contribution in [0.25, 0.3) is 11.1 Å². The van der Waals surface area contributed by atoms with Crippen molar-refractivity contribution in [2.45, 2.75) is 97.1 Å². The number of carbonyl (C=O) groups excluding carboxylic acids is 2. The van der Waals surface area contributed by atoms with Crippen molar-refractivity contribution in [3.8, 4) is 16.9 Å². The van der Waals surface area contributed by atoms with Gasteiger partial charge in [-0.15, -0.1) is 0 Å². The van der Waals surface area contributed by atoms with Gasteiger partial charge in [-0.3, -0.25) is 14.4 Å². The predicted octanol–water partition coefficient (Wildman–Crippen LogP) is 6.27. The van der Waals surface area contributed by atoms with Crippen molar-refractivity contribution in [2.24, 2.45) is 29.1 Å². The van der Waals surface area contributed by atoms with Crippen molar-refractivity contribution >= 4 is 23.1 Å². The maximum absolute atomic E-state index is 14.2. The minimum absolute atomic E-state index is 0.0430. The Morgan fingerprint density at radius 3 is 2.46 bits per heavy atom. The fraction of sp³-hybridized carbons (Fsp3) is 0.545. The second-order valence-corrected chi connectivity index (χ2v) is 16.8. The number of fused-ring (bicyclic) bond motifs is 2. The van der Waals surface area contributed by atoms with E-state index >= 15 is 0 Å². The summed E-state index contributed by atoms with van der Waals surface area (Å²) in [6.45, 7) is 8.42. The Hall–Kier alpha value is -3.96. The normalized spacial score (nSPS) is 26.5. The van der Waals surface area contributed by atoms with Crippen molar-refractivity contribution in [1.82, 2.24) is 10.4 Å². The maximum atomic E-state index is 14.2. The molecule has 10 nitrogen and oxygen atoms in total. The molecule has 2 bridgehead atoms. The van der Waals surface area contributed by atoms with Crippen molar-refractivity contribution in [3.05, 3.63) is 77.4 Å². The van der Waals surface area contributed by atoms with Gasteiger partial charge in [0.15, 0.2) is 5.78 Å². The molecule has 5 N–H and O–H groups in total. The number of unbranched alkanes of at least 4 members (excludes halogenated alkanes) is 1. The summed E-state index contributed by atoms with van der Waals surface area (Å²) in [5, 5.41) is 26.2. The average molecular weight is 741 g/mol. The Bertz CT molecular complexity index is 1790. The Balaban J connectivity index is 1.23. The standard InChI is InChI=1S/C44H60N4O6/c1-26-36-22-32(44(36,3)4)23-37(26)46-43(52)41-40(27(2)50)39(25-49)54-48(41)24-29-12-10-13-35(42(29)53-7)30-19-31(21-34(20-30)47(5)6)38(51)14-9-8-11-28-15-17-33(45)18-16-28/h10,12-13,15-21,26-27,32,36-37,39-41,49-50H,8-9,11,14,22-25,45H2,1-7H3,(H,46,52)/t26-,27-,32+,36-,37-,39-,40+,41-/m0/s1. The summed E-state index contributed by atoms with van der Waals surface area (Å²) >= 11 is 0. The van der Waals surface area contributed by atoms with Gasteiger partial charge < -0.3 is 30.9 Å². The lowest BCUT2D eigenvalue weighted by molar-refractivity contribution is -0.183. The smallest absolute Gasteiger partial charge is 0.240 e. The van der Waals surface area contributed by atoms with E-state index in [0.29, 0.717) is 35.5 Å². The lowest BCUT2D eigenvalue weighted by Crippen LogP contribution is -2.62. The third-order valence-corrected chi connectivity index (χ3v) is 12.9. The van der Waals surface area contributed by atoms with Crippen LogP contribution in [0.3, 0.4) is 0 Å². The molecule has 4 aliphatic rings. The Labute approximate surface area is 321 Å². The molecule has 4 fully saturated rings. The number of hydrogen-bond acceptors (Lipinski definition) is 9. The fourth-order valence-corrected chi connectivity index (χ4v) is 9.46. The number of nitrogen functional groups attached to an aromatic ring is 1. The molecule has 1 heterocycles. The number of para-hydroxylation sites is 1. The van der Waals surface area contributed by atoms with Crippen LogP contribution in [-0.2, 0) is 22.6 Å². The van der Waals surface area contributed by atoms with E-state index in [9.17, 15) is 19.8 Å². The highest BCUT2D eigenvalue weighted by Crippen LogP contribution is 2.61. The van der Waals surface area contributed by atoms with E-state index in [1.807, 2.05) is 79.7 Å². The number of ether oxygens (including phenoxy) is 1. The van der Waals surface area contributed by atoms with Crippen molar-refractivity contribution < 1.29 is 29.4 Å². The summed E-state index contributed by atoms with van der Waals surface area (Å²) in [7, 11) is 5.53. The van der Waals surface area contributed by atoms with Crippen LogP contribution in [0.15, 0.2) is 60.7 Å². The number of amides is 1. The van der Waals surface area contributed by atoms with Crippen LogP contribution in [0.5, 0.6) is 5.75 Å². The van der Waals surface area contributed by atoms with E-state index in [-0.39, 0.29) is 36.3 Å². The fourth-order valence-electron chi connectivity index (χ4n) is 9.46. The number of rotatable bonds is 15. The van der Waals surface area contributed by atoms with Gasteiger partial charge >= 0.3 is 0 Å². The first-order valence-corrected chi connectivity index (χ1v) is 19.6. The number of benzene rings is 3. The highest BCUT2D eigenvalue weighted by molar-refractivity contribution is 5.98. The van der Waals surface area contributed by atoms with Crippen LogP contribution in [0.1, 0.15) is 81.3 Å². The topological polar surface area (TPSA) is 138 Å². The van der Waals surface area contributed by atoms with E-state index < -0.39 is 24.2 Å². The summed E-state index contributed by atoms with van der Waals surface area (Å²) in [6, 6.07) is 18.9. The molecular formula is C44H60N4O6. The number of hydrogen-bond donors (Lipinski definition) is 4. The van der Waals surface area contributed by atoms with Gasteiger partial charge in [-0.1, -0.05) is 51.1 Å². The van der Waals surface area contributed by atoms with Crippen molar-refractivity contribution in [1.29, 1.82) is 0 Å². The van der Waals surface area contributed by atoms with Crippen LogP contribution < -0.4 is 20.7 Å². The first-order chi connectivity index (χ1) is 25.7. The number of aliphatic hydroxyl groups excluding tert-OH is 2. The van der Waals surface area contributed by atoms with E-state index in [1.54, 1.807) is 19.1 Å². The van der Waals surface area contributed by atoms with E-state index in [2.05, 4.69) is 26.1 Å². The second kappa shape index (κ2) is 16.4. The summed E-state index contributed by atoms with van der Waals surface area (Å²) < 4.78 is 6.08. The van der Waals surface area contributed by atoms with Gasteiger partial charge in [0, 0.05) is 60.5 Å². The summed E-state index contributed by atoms with van der Waals surface area (Å²) in [6.07, 6.45) is 3.49. The number of ketones is 1. The van der Waals surface area contributed by atoms with Crippen LogP contribution in [0.2, 0.25) is 0 Å². The number of nitrogens with zero attached hydrogens (tertiary/aromatic N) is 2. The number of hydroxylamine groups is 2. The molecule has 0 aromatic heterocycles. The van der Waals surface area contributed by atoms with Crippen LogP contribution in [0.4, 0.5) is 11.4 Å². The number of nitrogens with two attached hydrogens (primary N) is 1. The molecule has 3 aliphatic carbocycles. The highest BCUT2D eigenvalue weighted by Gasteiger charge is 2.57. The van der Waals surface area contributed by atoms with Crippen molar-refractivity contribution in [3.63, 3.8) is 0 Å². The van der Waals surface area contributed by atoms with E-state index in [1.165, 1.54) is 12.0 Å². The average Bonchev–Trinajstić information content (AvgIpc) is 3.52. The van der Waals surface area contributed by atoms with Gasteiger partial charge in [-0.05, 0) is 104 Å². The monoisotopic (exact) mass is 740 g/mol. The minimum atomic E-state index is -0.894. The number of nitrogens with one attached hydrogen (secondary N) is 1. The van der Waals surface area contributed by atoms with Crippen LogP contribution in [0, 0.1) is 29.1 Å². The van der Waals surface area contributed by atoms with Crippen LogP contribution >= 0.6 is 0 Å². The Kier molecular flexibility index (Phi) is 12.1. The van der Waals surface area contributed by atoms with Crippen LogP contribution in [-0.4, -0.2) is 79.1 Å². The summed E-state index contributed by atoms with van der Waals surface area (Å²) in [5.41, 5.74) is 12.0. The zero-order chi connectivity index (χ0) is 38.9. The maximum Gasteiger partial charge on any atom is 0.240 e. The molecule has 0 unspecified atom stereocenters. The van der Waals surface area contributed by atoms with Gasteiger partial charge in [-0.25, -0.2) is 0 Å². The molecule has 3 aromatic rings. The van der Waals surface area contributed by atoms with Crippen molar-refractivity contribution in [2.75, 3.05) is 38.4 Å². The lowest BCUT2D eigenvalue weighted by atomic mass is 9.45.